The zero-order valence-corrected chi connectivity index (χ0v) is 12.9. The lowest BCUT2D eigenvalue weighted by atomic mass is 10.0. The van der Waals surface area contributed by atoms with E-state index in [1.165, 1.54) is 0 Å². The highest BCUT2D eigenvalue weighted by molar-refractivity contribution is 5.90. The molecule has 0 spiro atoms. The normalized spacial score (nSPS) is 11.2. The maximum absolute atomic E-state index is 10.3. The van der Waals surface area contributed by atoms with Crippen LogP contribution >= 0.6 is 0 Å². The quantitative estimate of drug-likeness (QED) is 0.295. The van der Waals surface area contributed by atoms with Crippen LogP contribution in [0, 0.1) is 0 Å². The Morgan fingerprint density at radius 1 is 1.04 bits per heavy atom. The summed E-state index contributed by atoms with van der Waals surface area (Å²) < 4.78 is 0. The second kappa shape index (κ2) is 5.34. The van der Waals surface area contributed by atoms with Crippen LogP contribution in [0.4, 0.5) is 5.69 Å². The van der Waals surface area contributed by atoms with E-state index in [2.05, 4.69) is 15.0 Å². The zero-order chi connectivity index (χ0) is 16.7. The first-order valence-corrected chi connectivity index (χ1v) is 7.60. The van der Waals surface area contributed by atoms with Crippen LogP contribution in [0.2, 0.25) is 0 Å². The Morgan fingerprint density at radius 3 is 2.71 bits per heavy atom. The Bertz CT molecular complexity index is 1070. The Balaban J connectivity index is 1.81. The molecule has 2 heterocycles. The van der Waals surface area contributed by atoms with E-state index in [1.54, 1.807) is 0 Å². The van der Waals surface area contributed by atoms with Gasteiger partial charge < -0.3 is 26.5 Å². The molecule has 7 N–H and O–H groups in total. The third-order valence-electron chi connectivity index (χ3n) is 4.17. The fraction of sp³-hybridized carbons (Fsp3) is 0.0556. The molecule has 0 fully saturated rings. The van der Waals surface area contributed by atoms with Crippen LogP contribution in [0.25, 0.3) is 21.8 Å². The molecule has 0 aliphatic heterocycles. The number of aromatic amines is 2. The number of aliphatic imine (C=N–C) groups is 1. The van der Waals surface area contributed by atoms with Crippen molar-refractivity contribution in [1.29, 1.82) is 0 Å². The van der Waals surface area contributed by atoms with Crippen LogP contribution in [0.1, 0.15) is 11.1 Å². The molecule has 0 atom stereocenters. The molecule has 4 rings (SSSR count). The minimum atomic E-state index is 0.0284. The molecule has 0 aliphatic carbocycles. The van der Waals surface area contributed by atoms with Crippen molar-refractivity contribution in [2.75, 3.05) is 0 Å². The molecule has 0 aliphatic rings. The fourth-order valence-electron chi connectivity index (χ4n) is 3.09. The van der Waals surface area contributed by atoms with E-state index in [9.17, 15) is 5.11 Å². The van der Waals surface area contributed by atoms with Gasteiger partial charge in [0.05, 0.1) is 5.69 Å². The summed E-state index contributed by atoms with van der Waals surface area (Å²) in [6.45, 7) is 0. The number of hydrogen-bond acceptors (Lipinski definition) is 2. The maximum Gasteiger partial charge on any atom is 0.192 e. The fourth-order valence-corrected chi connectivity index (χ4v) is 3.09. The molecule has 0 bridgehead atoms. The van der Waals surface area contributed by atoms with E-state index in [1.807, 2.05) is 48.7 Å². The standard InChI is InChI=1S/C18H17N5O/c19-18(20)22-11-5-6-15-13(8-11)10(9-21-15)7-14-12-3-1-2-4-16(12)23-17(14)24/h1-6,8-9,21,23-24H,7H2,(H4,19,20,22). The van der Waals surface area contributed by atoms with Crippen LogP contribution in [-0.2, 0) is 6.42 Å². The smallest absolute Gasteiger partial charge is 0.192 e. The molecule has 120 valence electrons. The summed E-state index contributed by atoms with van der Waals surface area (Å²) >= 11 is 0. The molecule has 0 radical (unpaired) electrons. The van der Waals surface area contributed by atoms with Crippen molar-refractivity contribution in [3.8, 4) is 5.88 Å². The number of hydrogen-bond donors (Lipinski definition) is 5. The Hall–Kier alpha value is -3.41. The number of nitrogens with zero attached hydrogens (tertiary/aromatic N) is 1. The highest BCUT2D eigenvalue weighted by Gasteiger charge is 2.13. The Morgan fingerprint density at radius 2 is 1.88 bits per heavy atom. The highest BCUT2D eigenvalue weighted by atomic mass is 16.3. The number of fused-ring (bicyclic) bond motifs is 2. The van der Waals surface area contributed by atoms with E-state index < -0.39 is 0 Å². The third-order valence-corrected chi connectivity index (χ3v) is 4.17. The lowest BCUT2D eigenvalue weighted by molar-refractivity contribution is 0.453. The number of nitrogens with two attached hydrogens (primary N) is 2. The monoisotopic (exact) mass is 319 g/mol. The zero-order valence-electron chi connectivity index (χ0n) is 12.9. The molecule has 6 nitrogen and oxygen atoms in total. The van der Waals surface area contributed by atoms with Gasteiger partial charge in [-0.05, 0) is 29.8 Å². The summed E-state index contributed by atoms with van der Waals surface area (Å²) in [5, 5.41) is 12.3. The first-order valence-electron chi connectivity index (χ1n) is 7.60. The Labute approximate surface area is 137 Å². The summed E-state index contributed by atoms with van der Waals surface area (Å²) in [6.07, 6.45) is 2.55. The van der Waals surface area contributed by atoms with Gasteiger partial charge in [0.1, 0.15) is 0 Å². The van der Waals surface area contributed by atoms with Gasteiger partial charge in [0.2, 0.25) is 0 Å². The van der Waals surface area contributed by atoms with E-state index in [0.29, 0.717) is 12.1 Å². The van der Waals surface area contributed by atoms with Gasteiger partial charge in [-0.3, -0.25) is 0 Å². The van der Waals surface area contributed by atoms with Gasteiger partial charge in [-0.1, -0.05) is 18.2 Å². The molecule has 6 heteroatoms. The number of guanidine groups is 1. The number of benzene rings is 2. The summed E-state index contributed by atoms with van der Waals surface area (Å²) in [4.78, 5) is 10.4. The highest BCUT2D eigenvalue weighted by Crippen LogP contribution is 2.32. The molecule has 4 aromatic rings. The van der Waals surface area contributed by atoms with Crippen molar-refractivity contribution < 1.29 is 5.11 Å². The van der Waals surface area contributed by atoms with Crippen molar-refractivity contribution in [2.45, 2.75) is 6.42 Å². The lowest BCUT2D eigenvalue weighted by Crippen LogP contribution is -2.21. The number of H-pyrrole nitrogens is 2. The molecular weight excluding hydrogens is 302 g/mol. The molecule has 0 saturated carbocycles. The summed E-state index contributed by atoms with van der Waals surface area (Å²) in [5.41, 5.74) is 15.5. The van der Waals surface area contributed by atoms with Gasteiger partial charge in [0.25, 0.3) is 0 Å². The van der Waals surface area contributed by atoms with Crippen molar-refractivity contribution in [3.05, 3.63) is 59.8 Å². The average molecular weight is 319 g/mol. The molecular formula is C18H17N5O. The van der Waals surface area contributed by atoms with E-state index >= 15 is 0 Å². The molecule has 24 heavy (non-hydrogen) atoms. The molecule has 2 aromatic heterocycles. The van der Waals surface area contributed by atoms with E-state index in [-0.39, 0.29) is 11.8 Å². The topological polar surface area (TPSA) is 116 Å². The van der Waals surface area contributed by atoms with Gasteiger partial charge in [-0.25, -0.2) is 4.99 Å². The van der Waals surface area contributed by atoms with E-state index in [4.69, 9.17) is 11.5 Å². The van der Waals surface area contributed by atoms with E-state index in [0.717, 1.165) is 32.9 Å². The van der Waals surface area contributed by atoms with Gasteiger partial charge >= 0.3 is 0 Å². The molecule has 0 unspecified atom stereocenters. The minimum absolute atomic E-state index is 0.0284. The third kappa shape index (κ3) is 2.34. The van der Waals surface area contributed by atoms with Crippen molar-refractivity contribution in [1.82, 2.24) is 9.97 Å². The number of aromatic nitrogens is 2. The predicted molar refractivity (Wildman–Crippen MR) is 96.5 cm³/mol. The van der Waals surface area contributed by atoms with Gasteiger partial charge in [-0.15, -0.1) is 0 Å². The molecule has 2 aromatic carbocycles. The summed E-state index contributed by atoms with van der Waals surface area (Å²) in [5.74, 6) is 0.228. The first-order chi connectivity index (χ1) is 11.6. The predicted octanol–water partition coefficient (Wildman–Crippen LogP) is 2.85. The largest absolute Gasteiger partial charge is 0.494 e. The number of rotatable bonds is 3. The van der Waals surface area contributed by atoms with Crippen LogP contribution in [-0.4, -0.2) is 21.0 Å². The van der Waals surface area contributed by atoms with Gasteiger partial charge in [0, 0.05) is 40.0 Å². The van der Waals surface area contributed by atoms with Crippen LogP contribution in [0.15, 0.2) is 53.7 Å². The lowest BCUT2D eigenvalue weighted by Gasteiger charge is -2.01. The van der Waals surface area contributed by atoms with Gasteiger partial charge in [0.15, 0.2) is 11.8 Å². The Kier molecular flexibility index (Phi) is 3.16. The molecule has 0 amide bonds. The average Bonchev–Trinajstić information content (AvgIpc) is 3.09. The second-order valence-electron chi connectivity index (χ2n) is 5.75. The van der Waals surface area contributed by atoms with Crippen molar-refractivity contribution >= 4 is 33.5 Å². The van der Waals surface area contributed by atoms with Gasteiger partial charge in [-0.2, -0.15) is 0 Å². The number of aromatic hydroxyl groups is 1. The van der Waals surface area contributed by atoms with Crippen LogP contribution in [0.3, 0.4) is 0 Å². The maximum atomic E-state index is 10.3. The summed E-state index contributed by atoms with van der Waals surface area (Å²) in [7, 11) is 0. The number of nitrogens with one attached hydrogen (secondary N) is 2. The number of para-hydroxylation sites is 1. The van der Waals surface area contributed by atoms with Crippen LogP contribution < -0.4 is 11.5 Å². The van der Waals surface area contributed by atoms with Crippen molar-refractivity contribution in [3.63, 3.8) is 0 Å². The minimum Gasteiger partial charge on any atom is -0.494 e. The SMILES string of the molecule is NC(N)=Nc1ccc2[nH]cc(Cc3c(O)[nH]c4ccccc34)c2c1. The first kappa shape index (κ1) is 14.2. The second-order valence-corrected chi connectivity index (χ2v) is 5.75. The molecule has 0 saturated heterocycles. The van der Waals surface area contributed by atoms with Crippen LogP contribution in [0.5, 0.6) is 5.88 Å². The summed E-state index contributed by atoms with van der Waals surface area (Å²) in [6, 6.07) is 13.6. The van der Waals surface area contributed by atoms with Crippen molar-refractivity contribution in [2.24, 2.45) is 16.5 Å².